The van der Waals surface area contributed by atoms with E-state index in [2.05, 4.69) is 15.6 Å². The largest absolute Gasteiger partial charge is 0.497 e. The zero-order chi connectivity index (χ0) is 25.4. The van der Waals surface area contributed by atoms with Crippen molar-refractivity contribution < 1.29 is 27.0 Å². The standard InChI is InChI=1S/C24H22F4N4O3/c1-23(30-13-24(26,27)28)29-12-15-10-18(14-4-9-20(35-3)19(25)11-14)22(33)32(21(15)31-23)16-5-7-17(34-2)8-6-16/h4-12,30-31H,13H2,1-3H3/t23-/m1/s1. The number of aromatic nitrogens is 1. The quantitative estimate of drug-likeness (QED) is 0.503. The Morgan fingerprint density at radius 1 is 1.09 bits per heavy atom. The van der Waals surface area contributed by atoms with Gasteiger partial charge >= 0.3 is 6.18 Å². The molecule has 11 heteroatoms. The molecule has 0 saturated carbocycles. The molecular formula is C24H22F4N4O3. The summed E-state index contributed by atoms with van der Waals surface area (Å²) in [6.07, 6.45) is -3.09. The number of hydrogen-bond donors (Lipinski definition) is 2. The van der Waals surface area contributed by atoms with Crippen LogP contribution < -0.4 is 25.7 Å². The van der Waals surface area contributed by atoms with Crippen molar-refractivity contribution >= 4 is 12.0 Å². The van der Waals surface area contributed by atoms with Gasteiger partial charge in [-0.15, -0.1) is 0 Å². The molecule has 1 atom stereocenters. The van der Waals surface area contributed by atoms with Gasteiger partial charge in [0.2, 0.25) is 0 Å². The second-order valence-electron chi connectivity index (χ2n) is 7.97. The van der Waals surface area contributed by atoms with Crippen LogP contribution in [0.2, 0.25) is 0 Å². The maximum atomic E-state index is 14.4. The molecular weight excluding hydrogens is 468 g/mol. The number of rotatable bonds is 6. The average molecular weight is 490 g/mol. The van der Waals surface area contributed by atoms with Gasteiger partial charge in [-0.1, -0.05) is 6.07 Å². The van der Waals surface area contributed by atoms with E-state index in [4.69, 9.17) is 9.47 Å². The average Bonchev–Trinajstić information content (AvgIpc) is 2.82. The van der Waals surface area contributed by atoms with Crippen molar-refractivity contribution in [2.24, 2.45) is 4.99 Å². The van der Waals surface area contributed by atoms with E-state index in [1.807, 2.05) is 0 Å². The highest BCUT2D eigenvalue weighted by molar-refractivity contribution is 5.91. The van der Waals surface area contributed by atoms with E-state index in [0.717, 1.165) is 0 Å². The maximum absolute atomic E-state index is 14.4. The van der Waals surface area contributed by atoms with Gasteiger partial charge in [0.05, 0.1) is 26.5 Å². The van der Waals surface area contributed by atoms with Crippen molar-refractivity contribution in [2.75, 3.05) is 26.1 Å². The maximum Gasteiger partial charge on any atom is 0.401 e. The van der Waals surface area contributed by atoms with Gasteiger partial charge in [-0.3, -0.25) is 19.7 Å². The first-order chi connectivity index (χ1) is 16.5. The second-order valence-corrected chi connectivity index (χ2v) is 7.97. The van der Waals surface area contributed by atoms with Crippen molar-refractivity contribution in [3.05, 3.63) is 70.3 Å². The predicted molar refractivity (Wildman–Crippen MR) is 124 cm³/mol. The molecule has 2 aromatic carbocycles. The van der Waals surface area contributed by atoms with Crippen molar-refractivity contribution in [1.29, 1.82) is 0 Å². The van der Waals surface area contributed by atoms with Crippen molar-refractivity contribution in [3.8, 4) is 28.3 Å². The Kier molecular flexibility index (Phi) is 6.28. The van der Waals surface area contributed by atoms with E-state index in [0.29, 0.717) is 22.6 Å². The molecule has 0 radical (unpaired) electrons. The van der Waals surface area contributed by atoms with Crippen LogP contribution in [-0.2, 0) is 0 Å². The number of nitrogens with zero attached hydrogens (tertiary/aromatic N) is 2. The number of hydrogen-bond acceptors (Lipinski definition) is 6. The van der Waals surface area contributed by atoms with Crippen LogP contribution in [0.25, 0.3) is 16.8 Å². The van der Waals surface area contributed by atoms with Crippen molar-refractivity contribution in [2.45, 2.75) is 18.9 Å². The van der Waals surface area contributed by atoms with Gasteiger partial charge in [0.15, 0.2) is 17.4 Å². The van der Waals surface area contributed by atoms with Crippen LogP contribution in [0, 0.1) is 5.82 Å². The van der Waals surface area contributed by atoms with Crippen molar-refractivity contribution in [1.82, 2.24) is 9.88 Å². The second kappa shape index (κ2) is 9.06. The number of ether oxygens (including phenoxy) is 2. The van der Waals surface area contributed by atoms with E-state index in [-0.39, 0.29) is 17.1 Å². The zero-order valence-electron chi connectivity index (χ0n) is 19.0. The highest BCUT2D eigenvalue weighted by Crippen LogP contribution is 2.31. The fraction of sp³-hybridized carbons (Fsp3) is 0.250. The number of aliphatic imine (C=N–C) groups is 1. The molecule has 0 spiro atoms. The molecule has 1 aliphatic rings. The van der Waals surface area contributed by atoms with Gasteiger partial charge in [0, 0.05) is 17.3 Å². The third-order valence-corrected chi connectivity index (χ3v) is 5.48. The molecule has 0 fully saturated rings. The van der Waals surface area contributed by atoms with Gasteiger partial charge in [-0.05, 0) is 55.0 Å². The van der Waals surface area contributed by atoms with Crippen molar-refractivity contribution in [3.63, 3.8) is 0 Å². The van der Waals surface area contributed by atoms with E-state index in [9.17, 15) is 22.4 Å². The summed E-state index contributed by atoms with van der Waals surface area (Å²) in [5, 5.41) is 5.25. The third-order valence-electron chi connectivity index (χ3n) is 5.48. The van der Waals surface area contributed by atoms with Crippen LogP contribution in [0.4, 0.5) is 23.4 Å². The lowest BCUT2D eigenvalue weighted by atomic mass is 10.0. The SMILES string of the molecule is COc1ccc(-n2c3c(cc(-c4ccc(OC)c(F)c4)c2=O)C=N[C@](C)(NCC(F)(F)F)N3)cc1. The predicted octanol–water partition coefficient (Wildman–Crippen LogP) is 4.33. The molecule has 0 unspecified atom stereocenters. The van der Waals surface area contributed by atoms with E-state index < -0.39 is 29.9 Å². The Balaban J connectivity index is 1.89. The molecule has 0 aliphatic carbocycles. The Hall–Kier alpha value is -3.86. The topological polar surface area (TPSA) is 76.9 Å². The number of nitrogens with one attached hydrogen (secondary N) is 2. The molecule has 0 amide bonds. The van der Waals surface area contributed by atoms with Gasteiger partial charge in [0.1, 0.15) is 11.6 Å². The summed E-state index contributed by atoms with van der Waals surface area (Å²) in [5.41, 5.74) is 0.803. The van der Waals surface area contributed by atoms with Crippen LogP contribution in [0.3, 0.4) is 0 Å². The highest BCUT2D eigenvalue weighted by Gasteiger charge is 2.35. The molecule has 4 rings (SSSR count). The summed E-state index contributed by atoms with van der Waals surface area (Å²) in [7, 11) is 2.83. The fourth-order valence-corrected chi connectivity index (χ4v) is 3.71. The number of fused-ring (bicyclic) bond motifs is 1. The molecule has 184 valence electrons. The molecule has 0 bridgehead atoms. The molecule has 2 N–H and O–H groups in total. The number of benzene rings is 2. The van der Waals surface area contributed by atoms with E-state index >= 15 is 0 Å². The number of pyridine rings is 1. The van der Waals surface area contributed by atoms with Gasteiger partial charge in [-0.25, -0.2) is 4.39 Å². The summed E-state index contributed by atoms with van der Waals surface area (Å²) >= 11 is 0. The summed E-state index contributed by atoms with van der Waals surface area (Å²) in [5.74, 6) is -1.37. The number of alkyl halides is 3. The van der Waals surface area contributed by atoms with Crippen LogP contribution in [0.15, 0.2) is 58.3 Å². The highest BCUT2D eigenvalue weighted by atomic mass is 19.4. The normalized spacial score (nSPS) is 17.0. The minimum Gasteiger partial charge on any atom is -0.497 e. The summed E-state index contributed by atoms with van der Waals surface area (Å²) in [4.78, 5) is 17.9. The number of halogens is 4. The number of methoxy groups -OCH3 is 2. The first-order valence-electron chi connectivity index (χ1n) is 10.5. The molecule has 3 aromatic rings. The number of anilines is 1. The summed E-state index contributed by atoms with van der Waals surface area (Å²) in [6, 6.07) is 12.2. The van der Waals surface area contributed by atoms with E-state index in [1.165, 1.54) is 50.1 Å². The Morgan fingerprint density at radius 3 is 2.40 bits per heavy atom. The smallest absolute Gasteiger partial charge is 0.401 e. The Morgan fingerprint density at radius 2 is 1.80 bits per heavy atom. The monoisotopic (exact) mass is 490 g/mol. The minimum atomic E-state index is -4.46. The molecule has 35 heavy (non-hydrogen) atoms. The Bertz CT molecular complexity index is 1340. The Labute approximate surface area is 198 Å². The third kappa shape index (κ3) is 4.99. The first kappa shape index (κ1) is 24.3. The minimum absolute atomic E-state index is 0.0249. The fourth-order valence-electron chi connectivity index (χ4n) is 3.71. The molecule has 0 saturated heterocycles. The van der Waals surface area contributed by atoms with Gasteiger partial charge < -0.3 is 14.8 Å². The van der Waals surface area contributed by atoms with Gasteiger partial charge in [0.25, 0.3) is 5.56 Å². The van der Waals surface area contributed by atoms with E-state index in [1.54, 1.807) is 30.3 Å². The lowest BCUT2D eigenvalue weighted by molar-refractivity contribution is -0.127. The lowest BCUT2D eigenvalue weighted by Gasteiger charge is -2.34. The summed E-state index contributed by atoms with van der Waals surface area (Å²) in [6.45, 7) is 0.132. The van der Waals surface area contributed by atoms with Crippen LogP contribution in [0.5, 0.6) is 11.5 Å². The lowest BCUT2D eigenvalue weighted by Crippen LogP contribution is -2.53. The van der Waals surface area contributed by atoms with Crippen LogP contribution in [0.1, 0.15) is 12.5 Å². The van der Waals surface area contributed by atoms with Crippen LogP contribution in [-0.4, -0.2) is 43.5 Å². The molecule has 7 nitrogen and oxygen atoms in total. The summed E-state index contributed by atoms with van der Waals surface area (Å²) < 4.78 is 64.4. The van der Waals surface area contributed by atoms with Crippen LogP contribution >= 0.6 is 0 Å². The first-order valence-corrected chi connectivity index (χ1v) is 10.5. The molecule has 1 aromatic heterocycles. The zero-order valence-corrected chi connectivity index (χ0v) is 19.0. The molecule has 1 aliphatic heterocycles. The van der Waals surface area contributed by atoms with Gasteiger partial charge in [-0.2, -0.15) is 13.2 Å². The molecule has 2 heterocycles.